The van der Waals surface area contributed by atoms with Crippen molar-refractivity contribution in [1.82, 2.24) is 9.97 Å². The van der Waals surface area contributed by atoms with Crippen molar-refractivity contribution < 1.29 is 4.74 Å². The Morgan fingerprint density at radius 2 is 1.64 bits per heavy atom. The number of halogens is 1. The molecule has 0 bridgehead atoms. The first-order valence-corrected chi connectivity index (χ1v) is 9.26. The highest BCUT2D eigenvalue weighted by Gasteiger charge is 2.09. The molecule has 0 saturated heterocycles. The van der Waals surface area contributed by atoms with Gasteiger partial charge >= 0.3 is 0 Å². The smallest absolute Gasteiger partial charge is 0.229 e. The molecule has 0 aliphatic carbocycles. The minimum atomic E-state index is 0.517. The van der Waals surface area contributed by atoms with Gasteiger partial charge in [-0.2, -0.15) is 4.98 Å². The third-order valence-corrected chi connectivity index (χ3v) is 4.59. The molecule has 6 heteroatoms. The molecule has 0 spiro atoms. The Bertz CT molecular complexity index is 1100. The Kier molecular flexibility index (Phi) is 5.26. The van der Waals surface area contributed by atoms with Crippen LogP contribution in [0.2, 0.25) is 5.02 Å². The van der Waals surface area contributed by atoms with Gasteiger partial charge in [-0.25, -0.2) is 4.98 Å². The molecule has 0 unspecified atom stereocenters. The molecule has 0 saturated carbocycles. The van der Waals surface area contributed by atoms with Crippen LogP contribution in [0.25, 0.3) is 10.9 Å². The summed E-state index contributed by atoms with van der Waals surface area (Å²) in [4.78, 5) is 9.30. The Morgan fingerprint density at radius 3 is 2.46 bits per heavy atom. The van der Waals surface area contributed by atoms with E-state index in [1.54, 1.807) is 7.11 Å². The Labute approximate surface area is 168 Å². The van der Waals surface area contributed by atoms with E-state index in [1.165, 1.54) is 0 Å². The van der Waals surface area contributed by atoms with Crippen molar-refractivity contribution in [1.29, 1.82) is 0 Å². The Morgan fingerprint density at radius 1 is 0.893 bits per heavy atom. The molecule has 0 aliphatic rings. The number of hydrogen-bond acceptors (Lipinski definition) is 5. The molecular formula is C22H19ClN4O. The van der Waals surface area contributed by atoms with Gasteiger partial charge in [0.05, 0.1) is 12.6 Å². The molecule has 1 aromatic heterocycles. The van der Waals surface area contributed by atoms with E-state index in [1.807, 2.05) is 72.8 Å². The number of anilines is 3. The number of methoxy groups -OCH3 is 1. The SMILES string of the molecule is COc1ccccc1CNc1nc(Nc2ccc(Cl)cc2)nc2ccccc12. The number of nitrogens with one attached hydrogen (secondary N) is 2. The van der Waals surface area contributed by atoms with Gasteiger partial charge in [0.2, 0.25) is 5.95 Å². The number of para-hydroxylation sites is 2. The lowest BCUT2D eigenvalue weighted by Crippen LogP contribution is -2.06. The number of benzene rings is 3. The minimum absolute atomic E-state index is 0.517. The number of nitrogens with zero attached hydrogens (tertiary/aromatic N) is 2. The van der Waals surface area contributed by atoms with Gasteiger partial charge in [-0.15, -0.1) is 0 Å². The largest absolute Gasteiger partial charge is 0.496 e. The van der Waals surface area contributed by atoms with Crippen molar-refractivity contribution in [2.45, 2.75) is 6.54 Å². The fraction of sp³-hybridized carbons (Fsp3) is 0.0909. The Balaban J connectivity index is 1.65. The van der Waals surface area contributed by atoms with Crippen LogP contribution in [0.1, 0.15) is 5.56 Å². The van der Waals surface area contributed by atoms with Gasteiger partial charge < -0.3 is 15.4 Å². The van der Waals surface area contributed by atoms with E-state index in [-0.39, 0.29) is 0 Å². The maximum absolute atomic E-state index is 5.96. The van der Waals surface area contributed by atoms with E-state index in [9.17, 15) is 0 Å². The molecular weight excluding hydrogens is 372 g/mol. The lowest BCUT2D eigenvalue weighted by Gasteiger charge is -2.13. The van der Waals surface area contributed by atoms with Gasteiger partial charge in [-0.1, -0.05) is 41.9 Å². The summed E-state index contributed by atoms with van der Waals surface area (Å²) in [5.74, 6) is 2.12. The molecule has 0 fully saturated rings. The molecule has 0 radical (unpaired) electrons. The maximum Gasteiger partial charge on any atom is 0.229 e. The van der Waals surface area contributed by atoms with Crippen LogP contribution in [-0.2, 0) is 6.54 Å². The van der Waals surface area contributed by atoms with E-state index in [0.717, 1.165) is 33.7 Å². The molecule has 0 aliphatic heterocycles. The van der Waals surface area contributed by atoms with Gasteiger partial charge in [-0.05, 0) is 42.5 Å². The van der Waals surface area contributed by atoms with E-state index in [4.69, 9.17) is 16.3 Å². The summed E-state index contributed by atoms with van der Waals surface area (Å²) in [5.41, 5.74) is 2.78. The van der Waals surface area contributed by atoms with E-state index >= 15 is 0 Å². The van der Waals surface area contributed by atoms with Crippen molar-refractivity contribution in [2.24, 2.45) is 0 Å². The molecule has 3 aromatic carbocycles. The second kappa shape index (κ2) is 8.15. The molecule has 1 heterocycles. The predicted molar refractivity (Wildman–Crippen MR) is 115 cm³/mol. The third-order valence-electron chi connectivity index (χ3n) is 4.34. The highest BCUT2D eigenvalue weighted by molar-refractivity contribution is 6.30. The van der Waals surface area contributed by atoms with Crippen molar-refractivity contribution in [3.63, 3.8) is 0 Å². The van der Waals surface area contributed by atoms with Gasteiger partial charge in [0.15, 0.2) is 0 Å². The fourth-order valence-electron chi connectivity index (χ4n) is 2.96. The molecule has 5 nitrogen and oxygen atoms in total. The number of aromatic nitrogens is 2. The number of rotatable bonds is 6. The van der Waals surface area contributed by atoms with Gasteiger partial charge in [0.1, 0.15) is 11.6 Å². The molecule has 140 valence electrons. The lowest BCUT2D eigenvalue weighted by molar-refractivity contribution is 0.410. The van der Waals surface area contributed by atoms with Crippen molar-refractivity contribution in [2.75, 3.05) is 17.7 Å². The molecule has 2 N–H and O–H groups in total. The van der Waals surface area contributed by atoms with Gasteiger partial charge in [0.25, 0.3) is 0 Å². The van der Waals surface area contributed by atoms with Crippen LogP contribution in [0, 0.1) is 0 Å². The molecule has 0 atom stereocenters. The van der Waals surface area contributed by atoms with Gasteiger partial charge in [-0.3, -0.25) is 0 Å². The summed E-state index contributed by atoms with van der Waals surface area (Å²) in [6.07, 6.45) is 0. The predicted octanol–water partition coefficient (Wildman–Crippen LogP) is 5.65. The second-order valence-electron chi connectivity index (χ2n) is 6.21. The zero-order valence-corrected chi connectivity index (χ0v) is 16.1. The topological polar surface area (TPSA) is 59.1 Å². The van der Waals surface area contributed by atoms with Crippen LogP contribution >= 0.6 is 11.6 Å². The van der Waals surface area contributed by atoms with Crippen molar-refractivity contribution in [3.05, 3.63) is 83.4 Å². The molecule has 4 aromatic rings. The van der Waals surface area contributed by atoms with Crippen LogP contribution < -0.4 is 15.4 Å². The van der Waals surface area contributed by atoms with Crippen LogP contribution in [-0.4, -0.2) is 17.1 Å². The summed E-state index contributed by atoms with van der Waals surface area (Å²) in [7, 11) is 1.67. The highest BCUT2D eigenvalue weighted by atomic mass is 35.5. The average molecular weight is 391 g/mol. The summed E-state index contributed by atoms with van der Waals surface area (Å²) in [5, 5.41) is 8.30. The number of ether oxygens (including phenoxy) is 1. The van der Waals surface area contributed by atoms with Crippen molar-refractivity contribution in [3.8, 4) is 5.75 Å². The summed E-state index contributed by atoms with van der Waals surface area (Å²) >= 11 is 5.96. The van der Waals surface area contributed by atoms with Gasteiger partial charge in [0, 0.05) is 28.2 Å². The van der Waals surface area contributed by atoms with Crippen molar-refractivity contribution >= 4 is 40.0 Å². The number of hydrogen-bond donors (Lipinski definition) is 2. The third kappa shape index (κ3) is 4.00. The quantitative estimate of drug-likeness (QED) is 0.445. The monoisotopic (exact) mass is 390 g/mol. The minimum Gasteiger partial charge on any atom is -0.496 e. The summed E-state index contributed by atoms with van der Waals surface area (Å²) in [6, 6.07) is 23.3. The highest BCUT2D eigenvalue weighted by Crippen LogP contribution is 2.26. The fourth-order valence-corrected chi connectivity index (χ4v) is 3.08. The molecule has 4 rings (SSSR count). The number of fused-ring (bicyclic) bond motifs is 1. The first-order chi connectivity index (χ1) is 13.7. The zero-order chi connectivity index (χ0) is 19.3. The standard InChI is InChI=1S/C22H19ClN4O/c1-28-20-9-5-2-6-15(20)14-24-21-18-7-3-4-8-19(18)26-22(27-21)25-17-12-10-16(23)11-13-17/h2-13H,14H2,1H3,(H2,24,25,26,27). The van der Waals surface area contributed by atoms with Crippen LogP contribution in [0.5, 0.6) is 5.75 Å². The maximum atomic E-state index is 5.96. The lowest BCUT2D eigenvalue weighted by atomic mass is 10.2. The van der Waals surface area contributed by atoms with Crippen LogP contribution in [0.3, 0.4) is 0 Å². The first kappa shape index (κ1) is 18.1. The Hall–Kier alpha value is -3.31. The molecule has 0 amide bonds. The van der Waals surface area contributed by atoms with E-state index < -0.39 is 0 Å². The summed E-state index contributed by atoms with van der Waals surface area (Å²) < 4.78 is 5.44. The average Bonchev–Trinajstić information content (AvgIpc) is 2.74. The van der Waals surface area contributed by atoms with E-state index in [2.05, 4.69) is 20.6 Å². The van der Waals surface area contributed by atoms with E-state index in [0.29, 0.717) is 17.5 Å². The molecule has 28 heavy (non-hydrogen) atoms. The summed E-state index contributed by atoms with van der Waals surface area (Å²) in [6.45, 7) is 0.589. The second-order valence-corrected chi connectivity index (χ2v) is 6.65. The van der Waals surface area contributed by atoms with Crippen LogP contribution in [0.4, 0.5) is 17.5 Å². The van der Waals surface area contributed by atoms with Crippen LogP contribution in [0.15, 0.2) is 72.8 Å². The zero-order valence-electron chi connectivity index (χ0n) is 15.3. The first-order valence-electron chi connectivity index (χ1n) is 8.88. The normalized spacial score (nSPS) is 10.6.